The molecule has 0 bridgehead atoms. The van der Waals surface area contributed by atoms with Gasteiger partial charge in [-0.15, -0.1) is 0 Å². The summed E-state index contributed by atoms with van der Waals surface area (Å²) < 4.78 is 23.5. The number of phenolic OH excluding ortho intramolecular Hbond substituents is 1. The van der Waals surface area contributed by atoms with Crippen molar-refractivity contribution in [3.05, 3.63) is 56.8 Å². The first-order chi connectivity index (χ1) is 21.0. The van der Waals surface area contributed by atoms with Crippen molar-refractivity contribution in [3.8, 4) is 23.0 Å². The summed E-state index contributed by atoms with van der Waals surface area (Å²) in [7, 11) is 1.44. The number of amides is 2. The van der Waals surface area contributed by atoms with Gasteiger partial charge in [-0.2, -0.15) is 0 Å². The third kappa shape index (κ3) is 8.29. The molecule has 2 aromatic carbocycles. The Labute approximate surface area is 256 Å². The van der Waals surface area contributed by atoms with Gasteiger partial charge in [0.25, 0.3) is 11.8 Å². The zero-order chi connectivity index (χ0) is 32.4. The van der Waals surface area contributed by atoms with E-state index in [0.717, 1.165) is 11.1 Å². The summed E-state index contributed by atoms with van der Waals surface area (Å²) in [5, 5.41) is 16.9. The van der Waals surface area contributed by atoms with Gasteiger partial charge in [-0.1, -0.05) is 23.3 Å². The summed E-state index contributed by atoms with van der Waals surface area (Å²) >= 11 is 0. The van der Waals surface area contributed by atoms with Crippen LogP contribution in [0.1, 0.15) is 38.8 Å². The average Bonchev–Trinajstić information content (AvgIpc) is 2.98. The Morgan fingerprint density at radius 2 is 1.34 bits per heavy atom. The minimum absolute atomic E-state index is 0.0371. The number of ether oxygens (including phenoxy) is 3. The smallest absolute Gasteiger partial charge is 0.257 e. The van der Waals surface area contributed by atoms with Gasteiger partial charge in [0.15, 0.2) is 24.7 Å². The molecule has 0 aliphatic carbocycles. The third-order valence-electron chi connectivity index (χ3n) is 6.59. The van der Waals surface area contributed by atoms with Crippen LogP contribution >= 0.6 is 0 Å². The highest BCUT2D eigenvalue weighted by atomic mass is 16.5. The monoisotopic (exact) mass is 610 g/mol. The second kappa shape index (κ2) is 15.8. The lowest BCUT2D eigenvalue weighted by molar-refractivity contribution is -0.123. The van der Waals surface area contributed by atoms with Crippen LogP contribution in [0, 0.1) is 0 Å². The lowest BCUT2D eigenvalue weighted by Crippen LogP contribution is -2.33. The number of hydrogen-bond donors (Lipinski definition) is 5. The van der Waals surface area contributed by atoms with E-state index in [-0.39, 0.29) is 90.1 Å². The Kier molecular flexibility index (Phi) is 12.2. The van der Waals surface area contributed by atoms with Gasteiger partial charge in [0.1, 0.15) is 28.1 Å². The molecule has 0 aliphatic heterocycles. The highest BCUT2D eigenvalue weighted by Gasteiger charge is 2.25. The molecule has 12 heteroatoms. The molecular weight excluding hydrogens is 568 g/mol. The van der Waals surface area contributed by atoms with Gasteiger partial charge in [0, 0.05) is 49.4 Å². The molecule has 1 heterocycles. The summed E-state index contributed by atoms with van der Waals surface area (Å²) in [6, 6.07) is 2.97. The van der Waals surface area contributed by atoms with Gasteiger partial charge in [-0.25, -0.2) is 0 Å². The van der Waals surface area contributed by atoms with Crippen molar-refractivity contribution in [1.82, 2.24) is 10.6 Å². The van der Waals surface area contributed by atoms with Crippen LogP contribution in [-0.4, -0.2) is 63.4 Å². The molecule has 0 saturated heterocycles. The number of carbonyl (C=O) groups excluding carboxylic acids is 2. The molecule has 1 aromatic heterocycles. The molecule has 0 unspecified atom stereocenters. The highest BCUT2D eigenvalue weighted by molar-refractivity contribution is 5.98. The van der Waals surface area contributed by atoms with Crippen molar-refractivity contribution < 1.29 is 33.3 Å². The van der Waals surface area contributed by atoms with E-state index < -0.39 is 11.3 Å². The predicted octanol–water partition coefficient (Wildman–Crippen LogP) is 2.59. The van der Waals surface area contributed by atoms with Crippen molar-refractivity contribution >= 4 is 33.8 Å². The van der Waals surface area contributed by atoms with Crippen molar-refractivity contribution in [2.75, 3.05) is 46.5 Å². The van der Waals surface area contributed by atoms with Crippen molar-refractivity contribution in [2.24, 2.45) is 11.5 Å². The van der Waals surface area contributed by atoms with Gasteiger partial charge in [-0.3, -0.25) is 14.4 Å². The Morgan fingerprint density at radius 3 is 1.86 bits per heavy atom. The normalized spacial score (nSPS) is 10.8. The fraction of sp³-hybridized carbons (Fsp3) is 0.406. The molecule has 0 radical (unpaired) electrons. The number of methoxy groups -OCH3 is 1. The van der Waals surface area contributed by atoms with Gasteiger partial charge in [0.05, 0.1) is 12.5 Å². The second-order valence-corrected chi connectivity index (χ2v) is 10.6. The number of carbonyl (C=O) groups is 2. The van der Waals surface area contributed by atoms with Crippen LogP contribution in [0.2, 0.25) is 0 Å². The number of hydrogen-bond acceptors (Lipinski definition) is 10. The van der Waals surface area contributed by atoms with Gasteiger partial charge in [-0.05, 0) is 40.5 Å². The minimum atomic E-state index is -0.480. The van der Waals surface area contributed by atoms with E-state index in [4.69, 9.17) is 30.1 Å². The van der Waals surface area contributed by atoms with Gasteiger partial charge >= 0.3 is 0 Å². The standard InChI is InChI=1S/C32H42N4O8/c1-18(2)6-8-20-22(42-16-26(37)35-12-10-33)14-24-29(30(20)39)31(40)28-21(9-7-19(3)4)32(41-5)25(15-23(28)44-24)43-17-27(38)36-13-11-34/h6-7,14-15,39H,8-13,16-17,33-34H2,1-5H3,(H,35,37)(H,36,38). The lowest BCUT2D eigenvalue weighted by Gasteiger charge is -2.18. The van der Waals surface area contributed by atoms with Crippen LogP contribution in [0.5, 0.6) is 23.0 Å². The summed E-state index contributed by atoms with van der Waals surface area (Å²) in [5.74, 6) is -0.437. The maximum absolute atomic E-state index is 14.2. The third-order valence-corrected chi connectivity index (χ3v) is 6.59. The van der Waals surface area contributed by atoms with Crippen LogP contribution in [-0.2, 0) is 22.4 Å². The number of aromatic hydroxyl groups is 1. The van der Waals surface area contributed by atoms with Crippen molar-refractivity contribution in [2.45, 2.75) is 40.5 Å². The Morgan fingerprint density at radius 1 is 0.841 bits per heavy atom. The number of fused-ring (bicyclic) bond motifs is 2. The van der Waals surface area contributed by atoms with E-state index in [2.05, 4.69) is 10.6 Å². The number of nitrogens with one attached hydrogen (secondary N) is 2. The van der Waals surface area contributed by atoms with Gasteiger partial charge < -0.3 is 45.8 Å². The van der Waals surface area contributed by atoms with Crippen LogP contribution in [0.15, 0.2) is 44.6 Å². The van der Waals surface area contributed by atoms with Crippen LogP contribution in [0.25, 0.3) is 21.9 Å². The topological polar surface area (TPSA) is 188 Å². The number of phenols is 1. The lowest BCUT2D eigenvalue weighted by atomic mass is 9.98. The van der Waals surface area contributed by atoms with E-state index in [1.54, 1.807) is 0 Å². The summed E-state index contributed by atoms with van der Waals surface area (Å²) in [6.45, 7) is 8.14. The second-order valence-electron chi connectivity index (χ2n) is 10.6. The molecule has 0 spiro atoms. The highest BCUT2D eigenvalue weighted by Crippen LogP contribution is 2.41. The maximum atomic E-state index is 14.2. The maximum Gasteiger partial charge on any atom is 0.257 e. The molecule has 0 aliphatic rings. The molecule has 3 aromatic rings. The Hall–Kier alpha value is -4.55. The fourth-order valence-electron chi connectivity index (χ4n) is 4.48. The van der Waals surface area contributed by atoms with Crippen LogP contribution < -0.4 is 41.7 Å². The molecule has 0 atom stereocenters. The van der Waals surface area contributed by atoms with E-state index in [0.29, 0.717) is 24.1 Å². The molecule has 0 saturated carbocycles. The Balaban J connectivity index is 2.29. The first kappa shape index (κ1) is 33.9. The van der Waals surface area contributed by atoms with E-state index in [1.807, 2.05) is 39.8 Å². The van der Waals surface area contributed by atoms with E-state index in [1.165, 1.54) is 19.2 Å². The van der Waals surface area contributed by atoms with Gasteiger partial charge in [0.2, 0.25) is 5.43 Å². The summed E-state index contributed by atoms with van der Waals surface area (Å²) in [6.07, 6.45) is 4.33. The Bertz CT molecular complexity index is 1630. The minimum Gasteiger partial charge on any atom is -0.507 e. The molecule has 0 fully saturated rings. The first-order valence-corrected chi connectivity index (χ1v) is 14.3. The molecule has 2 amide bonds. The van der Waals surface area contributed by atoms with Crippen LogP contribution in [0.4, 0.5) is 0 Å². The summed E-state index contributed by atoms with van der Waals surface area (Å²) in [4.78, 5) is 38.7. The molecule has 238 valence electrons. The fourth-order valence-corrected chi connectivity index (χ4v) is 4.48. The van der Waals surface area contributed by atoms with Crippen molar-refractivity contribution in [3.63, 3.8) is 0 Å². The molecule has 12 nitrogen and oxygen atoms in total. The van der Waals surface area contributed by atoms with E-state index in [9.17, 15) is 19.5 Å². The number of nitrogens with two attached hydrogens (primary N) is 2. The largest absolute Gasteiger partial charge is 0.507 e. The molecular formula is C32H42N4O8. The summed E-state index contributed by atoms with van der Waals surface area (Å²) in [5.41, 5.74) is 13.4. The SMILES string of the molecule is COc1c(OCC(=O)NCCN)cc2oc3cc(OCC(=O)NCCN)c(CC=C(C)C)c(O)c3c(=O)c2c1CC=C(C)C. The molecule has 44 heavy (non-hydrogen) atoms. The zero-order valence-electron chi connectivity index (χ0n) is 25.9. The predicted molar refractivity (Wildman–Crippen MR) is 170 cm³/mol. The van der Waals surface area contributed by atoms with E-state index >= 15 is 0 Å². The average molecular weight is 611 g/mol. The van der Waals surface area contributed by atoms with Crippen LogP contribution in [0.3, 0.4) is 0 Å². The number of rotatable bonds is 15. The number of benzene rings is 2. The zero-order valence-corrected chi connectivity index (χ0v) is 25.9. The molecule has 7 N–H and O–H groups in total. The first-order valence-electron chi connectivity index (χ1n) is 14.3. The van der Waals surface area contributed by atoms with Crippen molar-refractivity contribution in [1.29, 1.82) is 0 Å². The quantitative estimate of drug-likeness (QED) is 0.126. The number of allylic oxidation sites excluding steroid dienone is 4. The molecule has 3 rings (SSSR count).